The largest absolute Gasteiger partial charge is 0.353 e. The van der Waals surface area contributed by atoms with Gasteiger partial charge in [0.05, 0.1) is 0 Å². The fourth-order valence-corrected chi connectivity index (χ4v) is 4.09. The van der Waals surface area contributed by atoms with Crippen molar-refractivity contribution in [1.29, 1.82) is 0 Å². The molecule has 0 amide bonds. The zero-order chi connectivity index (χ0) is 13.9. The first-order valence-corrected chi connectivity index (χ1v) is 8.67. The van der Waals surface area contributed by atoms with Gasteiger partial charge in [0.15, 0.2) is 0 Å². The molecule has 2 unspecified atom stereocenters. The molecule has 0 radical (unpaired) electrons. The van der Waals surface area contributed by atoms with Crippen LogP contribution >= 0.6 is 11.6 Å². The van der Waals surface area contributed by atoms with Gasteiger partial charge in [-0.05, 0) is 49.3 Å². The van der Waals surface area contributed by atoms with Crippen molar-refractivity contribution >= 4 is 17.4 Å². The summed E-state index contributed by atoms with van der Waals surface area (Å²) in [5.41, 5.74) is 2.43. The molecular formula is C17H25ClN2. The highest BCUT2D eigenvalue weighted by Gasteiger charge is 2.36. The van der Waals surface area contributed by atoms with Gasteiger partial charge in [-0.15, -0.1) is 11.6 Å². The van der Waals surface area contributed by atoms with Gasteiger partial charge in [0.2, 0.25) is 0 Å². The van der Waals surface area contributed by atoms with Crippen LogP contribution in [-0.2, 0) is 12.3 Å². The normalized spacial score (nSPS) is 25.8. The first-order chi connectivity index (χ1) is 9.81. The van der Waals surface area contributed by atoms with Crippen molar-refractivity contribution in [1.82, 2.24) is 4.98 Å². The Kier molecular flexibility index (Phi) is 4.50. The lowest BCUT2D eigenvalue weighted by molar-refractivity contribution is 0.341. The molecule has 1 aliphatic carbocycles. The summed E-state index contributed by atoms with van der Waals surface area (Å²) in [7, 11) is 0. The molecule has 2 nitrogen and oxygen atoms in total. The highest BCUT2D eigenvalue weighted by molar-refractivity contribution is 6.17. The van der Waals surface area contributed by atoms with Crippen molar-refractivity contribution in [3.63, 3.8) is 0 Å². The van der Waals surface area contributed by atoms with Crippen LogP contribution < -0.4 is 4.90 Å². The summed E-state index contributed by atoms with van der Waals surface area (Å²) in [6.07, 6.45) is 9.11. The van der Waals surface area contributed by atoms with Crippen LogP contribution in [-0.4, -0.2) is 17.6 Å². The molecule has 1 saturated carbocycles. The predicted octanol–water partition coefficient (Wildman–Crippen LogP) is 4.54. The number of rotatable bonds is 4. The van der Waals surface area contributed by atoms with E-state index in [1.807, 2.05) is 0 Å². The average Bonchev–Trinajstić information content (AvgIpc) is 2.91. The second kappa shape index (κ2) is 6.34. The topological polar surface area (TPSA) is 16.1 Å². The van der Waals surface area contributed by atoms with Crippen LogP contribution in [0.15, 0.2) is 12.1 Å². The average molecular weight is 293 g/mol. The van der Waals surface area contributed by atoms with Gasteiger partial charge >= 0.3 is 0 Å². The number of hydrogen-bond donors (Lipinski definition) is 0. The lowest BCUT2D eigenvalue weighted by atomic mass is 9.85. The molecule has 0 aromatic carbocycles. The molecule has 2 atom stereocenters. The lowest BCUT2D eigenvalue weighted by Crippen LogP contribution is -2.35. The summed E-state index contributed by atoms with van der Waals surface area (Å²) < 4.78 is 0. The minimum atomic E-state index is 0.591. The maximum atomic E-state index is 6.07. The van der Waals surface area contributed by atoms with Crippen LogP contribution in [0.25, 0.3) is 0 Å². The molecule has 2 fully saturated rings. The molecule has 0 spiro atoms. The molecule has 3 rings (SSSR count). The van der Waals surface area contributed by atoms with Crippen LogP contribution in [0.3, 0.4) is 0 Å². The number of halogens is 1. The van der Waals surface area contributed by atoms with Gasteiger partial charge in [-0.2, -0.15) is 0 Å². The Labute approximate surface area is 127 Å². The fraction of sp³-hybridized carbons (Fsp3) is 0.706. The third-order valence-electron chi connectivity index (χ3n) is 4.89. The molecule has 2 aliphatic rings. The van der Waals surface area contributed by atoms with Crippen molar-refractivity contribution < 1.29 is 0 Å². The monoisotopic (exact) mass is 292 g/mol. The van der Waals surface area contributed by atoms with Crippen molar-refractivity contribution in [2.45, 2.75) is 63.8 Å². The van der Waals surface area contributed by atoms with Gasteiger partial charge in [-0.3, -0.25) is 0 Å². The Morgan fingerprint density at radius 3 is 2.90 bits per heavy atom. The fourth-order valence-electron chi connectivity index (χ4n) is 3.93. The SMILES string of the molecule is CCCc1cc(CCl)cc(N2CCC3CCCCC32)n1. The van der Waals surface area contributed by atoms with E-state index in [0.29, 0.717) is 5.88 Å². The van der Waals surface area contributed by atoms with E-state index in [0.717, 1.165) is 24.8 Å². The molecule has 0 N–H and O–H groups in total. The van der Waals surface area contributed by atoms with Gasteiger partial charge in [-0.1, -0.05) is 26.2 Å². The quantitative estimate of drug-likeness (QED) is 0.757. The van der Waals surface area contributed by atoms with E-state index in [2.05, 4.69) is 24.0 Å². The van der Waals surface area contributed by atoms with Crippen LogP contribution in [0.1, 0.15) is 56.7 Å². The highest BCUT2D eigenvalue weighted by atomic mass is 35.5. The summed E-state index contributed by atoms with van der Waals surface area (Å²) >= 11 is 6.07. The van der Waals surface area contributed by atoms with E-state index in [4.69, 9.17) is 16.6 Å². The van der Waals surface area contributed by atoms with E-state index in [9.17, 15) is 0 Å². The molecule has 1 aromatic heterocycles. The van der Waals surface area contributed by atoms with Crippen LogP contribution in [0, 0.1) is 5.92 Å². The second-order valence-corrected chi connectivity index (χ2v) is 6.57. The lowest BCUT2D eigenvalue weighted by Gasteiger charge is -2.32. The second-order valence-electron chi connectivity index (χ2n) is 6.30. The first-order valence-electron chi connectivity index (χ1n) is 8.14. The molecule has 3 heteroatoms. The molecule has 110 valence electrons. The summed E-state index contributed by atoms with van der Waals surface area (Å²) in [6.45, 7) is 3.39. The maximum absolute atomic E-state index is 6.07. The van der Waals surface area contributed by atoms with Crippen molar-refractivity contribution in [3.05, 3.63) is 23.4 Å². The number of hydrogen-bond acceptors (Lipinski definition) is 2. The number of aryl methyl sites for hydroxylation is 1. The summed E-state index contributed by atoms with van der Waals surface area (Å²) in [5, 5.41) is 0. The van der Waals surface area contributed by atoms with E-state index >= 15 is 0 Å². The smallest absolute Gasteiger partial charge is 0.129 e. The van der Waals surface area contributed by atoms with Gasteiger partial charge < -0.3 is 4.90 Å². The summed E-state index contributed by atoms with van der Waals surface area (Å²) in [6, 6.07) is 5.12. The number of pyridine rings is 1. The molecule has 20 heavy (non-hydrogen) atoms. The van der Waals surface area contributed by atoms with Gasteiger partial charge in [0.25, 0.3) is 0 Å². The number of fused-ring (bicyclic) bond motifs is 1. The van der Waals surface area contributed by atoms with E-state index in [1.54, 1.807) is 0 Å². The van der Waals surface area contributed by atoms with Gasteiger partial charge in [0, 0.05) is 24.2 Å². The molecule has 2 heterocycles. The predicted molar refractivity (Wildman–Crippen MR) is 85.5 cm³/mol. The van der Waals surface area contributed by atoms with Crippen molar-refractivity contribution in [2.75, 3.05) is 11.4 Å². The zero-order valence-corrected chi connectivity index (χ0v) is 13.2. The molecular weight excluding hydrogens is 268 g/mol. The first kappa shape index (κ1) is 14.2. The van der Waals surface area contributed by atoms with Crippen molar-refractivity contribution in [2.24, 2.45) is 5.92 Å². The number of anilines is 1. The van der Waals surface area contributed by atoms with Gasteiger partial charge in [-0.25, -0.2) is 4.98 Å². The molecule has 1 aliphatic heterocycles. The Balaban J connectivity index is 1.86. The summed E-state index contributed by atoms with van der Waals surface area (Å²) in [5.74, 6) is 2.68. The molecule has 1 aromatic rings. The minimum Gasteiger partial charge on any atom is -0.353 e. The Morgan fingerprint density at radius 1 is 1.25 bits per heavy atom. The molecule has 0 bridgehead atoms. The number of aromatic nitrogens is 1. The van der Waals surface area contributed by atoms with E-state index in [-0.39, 0.29) is 0 Å². The van der Waals surface area contributed by atoms with Gasteiger partial charge in [0.1, 0.15) is 5.82 Å². The van der Waals surface area contributed by atoms with Crippen LogP contribution in [0.2, 0.25) is 0 Å². The maximum Gasteiger partial charge on any atom is 0.129 e. The van der Waals surface area contributed by atoms with E-state index in [1.165, 1.54) is 55.7 Å². The van der Waals surface area contributed by atoms with Crippen LogP contribution in [0.4, 0.5) is 5.82 Å². The van der Waals surface area contributed by atoms with Crippen molar-refractivity contribution in [3.8, 4) is 0 Å². The van der Waals surface area contributed by atoms with Crippen LogP contribution in [0.5, 0.6) is 0 Å². The van der Waals surface area contributed by atoms with E-state index < -0.39 is 0 Å². The zero-order valence-electron chi connectivity index (χ0n) is 12.4. The number of alkyl halides is 1. The third-order valence-corrected chi connectivity index (χ3v) is 5.20. The summed E-state index contributed by atoms with van der Waals surface area (Å²) in [4.78, 5) is 7.48. The Hall–Kier alpha value is -0.760. The standard InChI is InChI=1S/C17H25ClN2/c1-2-5-15-10-13(12-18)11-17(19-15)20-9-8-14-6-3-4-7-16(14)20/h10-11,14,16H,2-9,12H2,1H3. The minimum absolute atomic E-state index is 0.591. The molecule has 1 saturated heterocycles. The Morgan fingerprint density at radius 2 is 2.10 bits per heavy atom. The highest BCUT2D eigenvalue weighted by Crippen LogP contribution is 2.38. The third kappa shape index (κ3) is 2.81. The number of nitrogens with zero attached hydrogens (tertiary/aromatic N) is 2. The Bertz CT molecular complexity index is 460.